The van der Waals surface area contributed by atoms with E-state index in [0.717, 1.165) is 12.8 Å². The summed E-state index contributed by atoms with van der Waals surface area (Å²) < 4.78 is 0. The van der Waals surface area contributed by atoms with Crippen LogP contribution in [0.3, 0.4) is 0 Å². The molecule has 2 heteroatoms. The molecule has 17 heavy (non-hydrogen) atoms. The second kappa shape index (κ2) is 7.01. The van der Waals surface area contributed by atoms with Gasteiger partial charge in [0.2, 0.25) is 0 Å². The zero-order valence-corrected chi connectivity index (χ0v) is 11.8. The molecule has 1 fully saturated rings. The molecule has 0 saturated heterocycles. The molecule has 2 nitrogen and oxygen atoms in total. The van der Waals surface area contributed by atoms with E-state index < -0.39 is 0 Å². The third-order valence-electron chi connectivity index (χ3n) is 3.85. The lowest BCUT2D eigenvalue weighted by atomic mass is 9.91. The Kier molecular flexibility index (Phi) is 5.98. The lowest BCUT2D eigenvalue weighted by Gasteiger charge is -2.29. The molecule has 0 radical (unpaired) electrons. The number of nitrogens with one attached hydrogen (secondary N) is 1. The largest absolute Gasteiger partial charge is 0.297 e. The summed E-state index contributed by atoms with van der Waals surface area (Å²) in [7, 11) is 0. The van der Waals surface area contributed by atoms with Crippen molar-refractivity contribution in [2.75, 3.05) is 0 Å². The van der Waals surface area contributed by atoms with Gasteiger partial charge in [-0.2, -0.15) is 5.26 Å². The third kappa shape index (κ3) is 5.55. The topological polar surface area (TPSA) is 35.8 Å². The highest BCUT2D eigenvalue weighted by molar-refractivity contribution is 5.05. The average Bonchev–Trinajstić information content (AvgIpc) is 2.55. The Hall–Kier alpha value is -0.550. The summed E-state index contributed by atoms with van der Waals surface area (Å²) in [6.07, 6.45) is 9.98. The van der Waals surface area contributed by atoms with E-state index in [2.05, 4.69) is 32.2 Å². The fourth-order valence-electron chi connectivity index (χ4n) is 2.61. The van der Waals surface area contributed by atoms with E-state index in [1.165, 1.54) is 38.5 Å². The third-order valence-corrected chi connectivity index (χ3v) is 3.85. The van der Waals surface area contributed by atoms with Gasteiger partial charge in [0.05, 0.1) is 6.07 Å². The van der Waals surface area contributed by atoms with Gasteiger partial charge in [-0.15, -0.1) is 0 Å². The second-order valence-corrected chi connectivity index (χ2v) is 6.21. The molecule has 1 N–H and O–H groups in total. The lowest BCUT2D eigenvalue weighted by Crippen LogP contribution is -2.47. The molecule has 1 aliphatic carbocycles. The van der Waals surface area contributed by atoms with Crippen molar-refractivity contribution in [1.29, 1.82) is 5.26 Å². The summed E-state index contributed by atoms with van der Waals surface area (Å²) in [5.41, 5.74) is -0.320. The Morgan fingerprint density at radius 2 is 1.82 bits per heavy atom. The van der Waals surface area contributed by atoms with E-state index >= 15 is 0 Å². The first-order chi connectivity index (χ1) is 8.06. The van der Waals surface area contributed by atoms with Gasteiger partial charge in [-0.25, -0.2) is 0 Å². The SMILES string of the molecule is CC(C)CCC(C)(C#N)NC1CCCCCC1. The highest BCUT2D eigenvalue weighted by Gasteiger charge is 2.27. The monoisotopic (exact) mass is 236 g/mol. The normalized spacial score (nSPS) is 21.8. The number of hydrogen-bond donors (Lipinski definition) is 1. The molecule has 0 aromatic rings. The van der Waals surface area contributed by atoms with Gasteiger partial charge in [0.15, 0.2) is 0 Å². The summed E-state index contributed by atoms with van der Waals surface area (Å²) in [6.45, 7) is 6.52. The maximum atomic E-state index is 9.39. The van der Waals surface area contributed by atoms with Gasteiger partial charge < -0.3 is 0 Å². The molecular formula is C15H28N2. The number of hydrogen-bond acceptors (Lipinski definition) is 2. The minimum atomic E-state index is -0.320. The molecule has 0 aromatic heterocycles. The van der Waals surface area contributed by atoms with Crippen LogP contribution in [0, 0.1) is 17.2 Å². The van der Waals surface area contributed by atoms with Crippen LogP contribution in [-0.4, -0.2) is 11.6 Å². The predicted molar refractivity (Wildman–Crippen MR) is 72.7 cm³/mol. The number of nitrogens with zero attached hydrogens (tertiary/aromatic N) is 1. The average molecular weight is 236 g/mol. The molecule has 0 spiro atoms. The molecule has 1 aliphatic rings. The first-order valence-corrected chi connectivity index (χ1v) is 7.25. The molecule has 0 amide bonds. The Morgan fingerprint density at radius 3 is 2.29 bits per heavy atom. The van der Waals surface area contributed by atoms with Crippen molar-refractivity contribution < 1.29 is 0 Å². The van der Waals surface area contributed by atoms with Crippen molar-refractivity contribution in [3.8, 4) is 6.07 Å². The number of nitriles is 1. The zero-order chi connectivity index (χ0) is 12.7. The minimum absolute atomic E-state index is 0.320. The van der Waals surface area contributed by atoms with E-state index in [4.69, 9.17) is 0 Å². The zero-order valence-electron chi connectivity index (χ0n) is 11.8. The first-order valence-electron chi connectivity index (χ1n) is 7.25. The second-order valence-electron chi connectivity index (χ2n) is 6.21. The van der Waals surface area contributed by atoms with Gasteiger partial charge >= 0.3 is 0 Å². The van der Waals surface area contributed by atoms with Crippen LogP contribution in [0.15, 0.2) is 0 Å². The minimum Gasteiger partial charge on any atom is -0.297 e. The Morgan fingerprint density at radius 1 is 1.24 bits per heavy atom. The fraction of sp³-hybridized carbons (Fsp3) is 0.933. The Bertz CT molecular complexity index is 246. The predicted octanol–water partition coefficient (Wildman–Crippen LogP) is 4.02. The van der Waals surface area contributed by atoms with E-state index in [1.54, 1.807) is 0 Å². The molecule has 0 heterocycles. The quantitative estimate of drug-likeness (QED) is 0.732. The summed E-state index contributed by atoms with van der Waals surface area (Å²) in [4.78, 5) is 0. The van der Waals surface area contributed by atoms with Crippen molar-refractivity contribution in [1.82, 2.24) is 5.32 Å². The van der Waals surface area contributed by atoms with Gasteiger partial charge in [-0.3, -0.25) is 5.32 Å². The van der Waals surface area contributed by atoms with Crippen molar-refractivity contribution in [3.63, 3.8) is 0 Å². The Balaban J connectivity index is 2.46. The van der Waals surface area contributed by atoms with Gasteiger partial charge in [-0.1, -0.05) is 39.5 Å². The van der Waals surface area contributed by atoms with Crippen molar-refractivity contribution in [2.45, 2.75) is 83.7 Å². The summed E-state index contributed by atoms with van der Waals surface area (Å²) in [5.74, 6) is 0.679. The lowest BCUT2D eigenvalue weighted by molar-refractivity contribution is 0.316. The summed E-state index contributed by atoms with van der Waals surface area (Å²) in [6, 6.07) is 3.05. The van der Waals surface area contributed by atoms with Crippen molar-refractivity contribution in [3.05, 3.63) is 0 Å². The van der Waals surface area contributed by atoms with Crippen LogP contribution in [0.2, 0.25) is 0 Å². The summed E-state index contributed by atoms with van der Waals surface area (Å²) >= 11 is 0. The molecule has 1 unspecified atom stereocenters. The molecule has 1 saturated carbocycles. The van der Waals surface area contributed by atoms with Crippen LogP contribution >= 0.6 is 0 Å². The molecule has 0 aliphatic heterocycles. The molecule has 1 atom stereocenters. The highest BCUT2D eigenvalue weighted by atomic mass is 15.0. The highest BCUT2D eigenvalue weighted by Crippen LogP contribution is 2.22. The van der Waals surface area contributed by atoms with E-state index in [9.17, 15) is 5.26 Å². The van der Waals surface area contributed by atoms with Gasteiger partial charge in [0, 0.05) is 6.04 Å². The standard InChI is InChI=1S/C15H28N2/c1-13(2)10-11-15(3,12-16)17-14-8-6-4-5-7-9-14/h13-14,17H,4-11H2,1-3H3. The van der Waals surface area contributed by atoms with Gasteiger partial charge in [0.1, 0.15) is 5.54 Å². The molecule has 0 bridgehead atoms. The van der Waals surface area contributed by atoms with Gasteiger partial charge in [0.25, 0.3) is 0 Å². The summed E-state index contributed by atoms with van der Waals surface area (Å²) in [5, 5.41) is 13.0. The maximum Gasteiger partial charge on any atom is 0.104 e. The Labute approximate surface area is 107 Å². The van der Waals surface area contributed by atoms with E-state index in [-0.39, 0.29) is 5.54 Å². The smallest absolute Gasteiger partial charge is 0.104 e. The van der Waals surface area contributed by atoms with Crippen molar-refractivity contribution in [2.24, 2.45) is 5.92 Å². The molecule has 1 rings (SSSR count). The van der Waals surface area contributed by atoms with Crippen LogP contribution in [-0.2, 0) is 0 Å². The molecule has 98 valence electrons. The number of rotatable bonds is 5. The maximum absolute atomic E-state index is 9.39. The van der Waals surface area contributed by atoms with Gasteiger partial charge in [-0.05, 0) is 38.5 Å². The van der Waals surface area contributed by atoms with Crippen LogP contribution in [0.1, 0.15) is 72.1 Å². The molecule has 0 aromatic carbocycles. The van der Waals surface area contributed by atoms with Crippen LogP contribution in [0.25, 0.3) is 0 Å². The molecular weight excluding hydrogens is 208 g/mol. The van der Waals surface area contributed by atoms with E-state index in [1.807, 2.05) is 0 Å². The van der Waals surface area contributed by atoms with Crippen LogP contribution < -0.4 is 5.32 Å². The fourth-order valence-corrected chi connectivity index (χ4v) is 2.61. The van der Waals surface area contributed by atoms with Crippen LogP contribution in [0.4, 0.5) is 0 Å². The van der Waals surface area contributed by atoms with Crippen LogP contribution in [0.5, 0.6) is 0 Å². The first kappa shape index (κ1) is 14.5. The van der Waals surface area contributed by atoms with E-state index in [0.29, 0.717) is 12.0 Å². The van der Waals surface area contributed by atoms with Crippen molar-refractivity contribution >= 4 is 0 Å².